The van der Waals surface area contributed by atoms with E-state index in [9.17, 15) is 4.79 Å². The van der Waals surface area contributed by atoms with Gasteiger partial charge in [0.05, 0.1) is 5.41 Å². The van der Waals surface area contributed by atoms with Crippen LogP contribution in [0.1, 0.15) is 20.8 Å². The van der Waals surface area contributed by atoms with Crippen LogP contribution in [0.4, 0.5) is 0 Å². The molecule has 0 spiro atoms. The summed E-state index contributed by atoms with van der Waals surface area (Å²) in [6.07, 6.45) is 1.66. The number of aliphatic carboxylic acids is 1. The minimum absolute atomic E-state index is 0.00463. The van der Waals surface area contributed by atoms with Crippen LogP contribution in [-0.2, 0) is 4.79 Å². The predicted octanol–water partition coefficient (Wildman–Crippen LogP) is 1.92. The Kier molecular flexibility index (Phi) is 2.64. The van der Waals surface area contributed by atoms with Gasteiger partial charge in [-0.15, -0.1) is 6.58 Å². The van der Waals surface area contributed by atoms with E-state index in [0.717, 1.165) is 0 Å². The molecule has 1 N–H and O–H groups in total. The fourth-order valence-corrected chi connectivity index (χ4v) is 0.489. The topological polar surface area (TPSA) is 37.3 Å². The van der Waals surface area contributed by atoms with Gasteiger partial charge in [-0.25, -0.2) is 0 Å². The molecule has 0 aliphatic rings. The molecule has 2 heteroatoms. The van der Waals surface area contributed by atoms with Gasteiger partial charge in [0.1, 0.15) is 0 Å². The molecule has 0 heterocycles. The summed E-state index contributed by atoms with van der Waals surface area (Å²) < 4.78 is 0. The van der Waals surface area contributed by atoms with Crippen molar-refractivity contribution in [3.63, 3.8) is 0 Å². The van der Waals surface area contributed by atoms with Crippen molar-refractivity contribution < 1.29 is 9.90 Å². The summed E-state index contributed by atoms with van der Waals surface area (Å²) in [5, 5.41) is 8.70. The monoisotopic (exact) mass is 142 g/mol. The predicted molar refractivity (Wildman–Crippen MR) is 40.8 cm³/mol. The van der Waals surface area contributed by atoms with Gasteiger partial charge < -0.3 is 5.11 Å². The molecular formula is C8H14O2. The number of carbonyl (C=O) groups is 1. The van der Waals surface area contributed by atoms with Gasteiger partial charge in [-0.1, -0.05) is 13.0 Å². The Balaban J connectivity index is 4.38. The Morgan fingerprint density at radius 3 is 2.20 bits per heavy atom. The van der Waals surface area contributed by atoms with Crippen molar-refractivity contribution in [2.75, 3.05) is 0 Å². The molecule has 2 nitrogen and oxygen atoms in total. The first-order valence-electron chi connectivity index (χ1n) is 3.29. The molecule has 0 amide bonds. The Hall–Kier alpha value is -0.790. The summed E-state index contributed by atoms with van der Waals surface area (Å²) >= 11 is 0. The number of hydrogen-bond donors (Lipinski definition) is 1. The summed E-state index contributed by atoms with van der Waals surface area (Å²) in [7, 11) is 0. The number of rotatable bonds is 3. The minimum atomic E-state index is -0.778. The first-order chi connectivity index (χ1) is 4.42. The maximum Gasteiger partial charge on any atom is 0.309 e. The molecule has 0 unspecified atom stereocenters. The Morgan fingerprint density at radius 2 is 2.10 bits per heavy atom. The van der Waals surface area contributed by atoms with Crippen molar-refractivity contribution in [2.45, 2.75) is 20.8 Å². The highest BCUT2D eigenvalue weighted by Gasteiger charge is 2.31. The molecule has 0 bridgehead atoms. The first kappa shape index (κ1) is 9.21. The average molecular weight is 142 g/mol. The Bertz CT molecular complexity index is 147. The van der Waals surface area contributed by atoms with Crippen LogP contribution >= 0.6 is 0 Å². The van der Waals surface area contributed by atoms with Crippen molar-refractivity contribution in [3.05, 3.63) is 12.7 Å². The normalized spacial score (nSPS) is 14.3. The lowest BCUT2D eigenvalue weighted by Crippen LogP contribution is -2.29. The summed E-state index contributed by atoms with van der Waals surface area (Å²) in [5.41, 5.74) is -0.693. The van der Waals surface area contributed by atoms with Crippen molar-refractivity contribution in [3.8, 4) is 0 Å². The Morgan fingerprint density at radius 1 is 1.70 bits per heavy atom. The van der Waals surface area contributed by atoms with Gasteiger partial charge >= 0.3 is 5.97 Å². The van der Waals surface area contributed by atoms with Crippen LogP contribution in [0.15, 0.2) is 12.7 Å². The smallest absolute Gasteiger partial charge is 0.309 e. The summed E-state index contributed by atoms with van der Waals surface area (Å²) in [6, 6.07) is 0. The molecule has 1 atom stereocenters. The van der Waals surface area contributed by atoms with E-state index in [2.05, 4.69) is 6.58 Å². The average Bonchev–Trinajstić information content (AvgIpc) is 1.86. The minimum Gasteiger partial charge on any atom is -0.481 e. The highest BCUT2D eigenvalue weighted by atomic mass is 16.4. The fourth-order valence-electron chi connectivity index (χ4n) is 0.489. The lowest BCUT2D eigenvalue weighted by atomic mass is 9.80. The third-order valence-electron chi connectivity index (χ3n) is 2.04. The van der Waals surface area contributed by atoms with Crippen LogP contribution in [0.3, 0.4) is 0 Å². The lowest BCUT2D eigenvalue weighted by Gasteiger charge is -2.23. The maximum absolute atomic E-state index is 10.6. The van der Waals surface area contributed by atoms with Gasteiger partial charge in [0.25, 0.3) is 0 Å². The fraction of sp³-hybridized carbons (Fsp3) is 0.625. The maximum atomic E-state index is 10.6. The van der Waals surface area contributed by atoms with Crippen molar-refractivity contribution in [1.29, 1.82) is 0 Å². The Labute approximate surface area is 61.6 Å². The number of hydrogen-bond acceptors (Lipinski definition) is 1. The van der Waals surface area contributed by atoms with Gasteiger partial charge in [0.2, 0.25) is 0 Å². The number of allylic oxidation sites excluding steroid dienone is 1. The van der Waals surface area contributed by atoms with Crippen LogP contribution in [0.5, 0.6) is 0 Å². The van der Waals surface area contributed by atoms with E-state index in [1.165, 1.54) is 0 Å². The molecule has 0 saturated heterocycles. The van der Waals surface area contributed by atoms with Crippen molar-refractivity contribution >= 4 is 5.97 Å². The molecule has 58 valence electrons. The second-order valence-corrected chi connectivity index (χ2v) is 3.05. The van der Waals surface area contributed by atoms with Gasteiger partial charge in [0, 0.05) is 0 Å². The standard InChI is InChI=1S/C8H14O2/c1-5-6(2)8(3,4)7(9)10/h5-6H,1H2,2-4H3,(H,9,10)/t6-/m1/s1. The molecular weight excluding hydrogens is 128 g/mol. The molecule has 0 aromatic rings. The largest absolute Gasteiger partial charge is 0.481 e. The number of carboxylic acids is 1. The van der Waals surface area contributed by atoms with E-state index in [4.69, 9.17) is 5.11 Å². The molecule has 0 saturated carbocycles. The molecule has 0 aromatic carbocycles. The van der Waals surface area contributed by atoms with Crippen LogP contribution in [0, 0.1) is 11.3 Å². The first-order valence-corrected chi connectivity index (χ1v) is 3.29. The number of carboxylic acid groups (broad SMARTS) is 1. The SMILES string of the molecule is C=C[C@@H](C)C(C)(C)C(=O)O. The van der Waals surface area contributed by atoms with E-state index in [1.807, 2.05) is 6.92 Å². The quantitative estimate of drug-likeness (QED) is 0.611. The molecule has 0 aromatic heterocycles. The summed E-state index contributed by atoms with van der Waals surface area (Å²) in [5.74, 6) is -0.773. The van der Waals surface area contributed by atoms with E-state index >= 15 is 0 Å². The zero-order valence-corrected chi connectivity index (χ0v) is 6.72. The van der Waals surface area contributed by atoms with Crippen molar-refractivity contribution in [2.24, 2.45) is 11.3 Å². The van der Waals surface area contributed by atoms with Crippen molar-refractivity contribution in [1.82, 2.24) is 0 Å². The van der Waals surface area contributed by atoms with E-state index in [-0.39, 0.29) is 5.92 Å². The highest BCUT2D eigenvalue weighted by molar-refractivity contribution is 5.74. The molecule has 0 rings (SSSR count). The molecule has 10 heavy (non-hydrogen) atoms. The molecule has 0 fully saturated rings. The van der Waals surface area contributed by atoms with Crippen LogP contribution in [-0.4, -0.2) is 11.1 Å². The van der Waals surface area contributed by atoms with Crippen LogP contribution in [0.2, 0.25) is 0 Å². The highest BCUT2D eigenvalue weighted by Crippen LogP contribution is 2.26. The zero-order valence-electron chi connectivity index (χ0n) is 6.72. The molecule has 0 aliphatic carbocycles. The summed E-state index contributed by atoms with van der Waals surface area (Å²) in [4.78, 5) is 10.6. The van der Waals surface area contributed by atoms with E-state index < -0.39 is 11.4 Å². The van der Waals surface area contributed by atoms with Gasteiger partial charge in [-0.2, -0.15) is 0 Å². The van der Waals surface area contributed by atoms with Gasteiger partial charge in [-0.05, 0) is 19.8 Å². The molecule has 0 radical (unpaired) electrons. The van der Waals surface area contributed by atoms with E-state index in [0.29, 0.717) is 0 Å². The van der Waals surface area contributed by atoms with Gasteiger partial charge in [0.15, 0.2) is 0 Å². The van der Waals surface area contributed by atoms with Crippen LogP contribution < -0.4 is 0 Å². The second-order valence-electron chi connectivity index (χ2n) is 3.05. The third kappa shape index (κ3) is 1.59. The van der Waals surface area contributed by atoms with Gasteiger partial charge in [-0.3, -0.25) is 4.79 Å². The summed E-state index contributed by atoms with van der Waals surface area (Å²) in [6.45, 7) is 8.79. The second kappa shape index (κ2) is 2.86. The lowest BCUT2D eigenvalue weighted by molar-refractivity contribution is -0.148. The third-order valence-corrected chi connectivity index (χ3v) is 2.04. The molecule has 0 aliphatic heterocycles. The van der Waals surface area contributed by atoms with E-state index in [1.54, 1.807) is 19.9 Å². The van der Waals surface area contributed by atoms with Crippen LogP contribution in [0.25, 0.3) is 0 Å². The zero-order chi connectivity index (χ0) is 8.36.